The van der Waals surface area contributed by atoms with Gasteiger partial charge in [-0.25, -0.2) is 13.1 Å². The monoisotopic (exact) mass is 283 g/mol. The first-order chi connectivity index (χ1) is 8.95. The Morgan fingerprint density at radius 2 is 2.05 bits per heavy atom. The van der Waals surface area contributed by atoms with Crippen LogP contribution in [0.3, 0.4) is 0 Å². The third-order valence-electron chi connectivity index (χ3n) is 3.12. The maximum atomic E-state index is 12.1. The van der Waals surface area contributed by atoms with Gasteiger partial charge in [-0.05, 0) is 37.7 Å². The van der Waals surface area contributed by atoms with Crippen LogP contribution in [0.4, 0.5) is 5.69 Å². The molecule has 0 radical (unpaired) electrons. The molecular formula is C12H17N3O3S. The smallest absolute Gasteiger partial charge is 0.240 e. The van der Waals surface area contributed by atoms with E-state index in [0.29, 0.717) is 18.8 Å². The minimum Gasteiger partial charge on any atom is -0.325 e. The van der Waals surface area contributed by atoms with E-state index in [4.69, 9.17) is 0 Å². The van der Waals surface area contributed by atoms with Crippen LogP contribution in [-0.2, 0) is 14.8 Å². The molecule has 7 heteroatoms. The summed E-state index contributed by atoms with van der Waals surface area (Å²) in [4.78, 5) is 11.7. The number of carbonyl (C=O) groups excluding carboxylic acids is 1. The highest BCUT2D eigenvalue weighted by molar-refractivity contribution is 7.89. The molecule has 0 bridgehead atoms. The van der Waals surface area contributed by atoms with Crippen molar-refractivity contribution in [2.24, 2.45) is 0 Å². The molecule has 0 spiro atoms. The van der Waals surface area contributed by atoms with Gasteiger partial charge < -0.3 is 10.6 Å². The molecular weight excluding hydrogens is 266 g/mol. The largest absolute Gasteiger partial charge is 0.325 e. The van der Waals surface area contributed by atoms with Crippen LogP contribution in [0.5, 0.6) is 0 Å². The van der Waals surface area contributed by atoms with Gasteiger partial charge in [0.2, 0.25) is 15.9 Å². The van der Waals surface area contributed by atoms with Crippen molar-refractivity contribution in [1.29, 1.82) is 0 Å². The van der Waals surface area contributed by atoms with Crippen molar-refractivity contribution in [3.05, 3.63) is 23.8 Å². The molecule has 6 nitrogen and oxygen atoms in total. The summed E-state index contributed by atoms with van der Waals surface area (Å²) in [6.07, 6.45) is 0. The lowest BCUT2D eigenvalue weighted by Crippen LogP contribution is -2.30. The SMILES string of the molecule is CNCCNS(=O)(=O)c1ccc2c(c1)C(C)C(=O)N2. The fourth-order valence-electron chi connectivity index (χ4n) is 1.96. The Kier molecular flexibility index (Phi) is 3.88. The molecule has 3 N–H and O–H groups in total. The number of anilines is 1. The van der Waals surface area contributed by atoms with Gasteiger partial charge in [0.1, 0.15) is 0 Å². The van der Waals surface area contributed by atoms with Gasteiger partial charge in [-0.3, -0.25) is 4.79 Å². The van der Waals surface area contributed by atoms with Crippen molar-refractivity contribution in [2.75, 3.05) is 25.5 Å². The number of hydrogen-bond donors (Lipinski definition) is 3. The Labute approximate surface area is 112 Å². The van der Waals surface area contributed by atoms with Crippen molar-refractivity contribution in [3.8, 4) is 0 Å². The lowest BCUT2D eigenvalue weighted by molar-refractivity contribution is -0.116. The van der Waals surface area contributed by atoms with Gasteiger partial charge in [-0.1, -0.05) is 0 Å². The fourth-order valence-corrected chi connectivity index (χ4v) is 3.02. The summed E-state index contributed by atoms with van der Waals surface area (Å²) in [6.45, 7) is 2.63. The third-order valence-corrected chi connectivity index (χ3v) is 4.58. The molecule has 0 saturated carbocycles. The Bertz CT molecular complexity index is 598. The highest BCUT2D eigenvalue weighted by Crippen LogP contribution is 2.33. The lowest BCUT2D eigenvalue weighted by atomic mass is 10.0. The second-order valence-corrected chi connectivity index (χ2v) is 6.23. The van der Waals surface area contributed by atoms with Crippen molar-refractivity contribution in [1.82, 2.24) is 10.0 Å². The summed E-state index contributed by atoms with van der Waals surface area (Å²) in [5.74, 6) is -0.421. The lowest BCUT2D eigenvalue weighted by Gasteiger charge is -2.08. The van der Waals surface area contributed by atoms with E-state index in [-0.39, 0.29) is 16.7 Å². The van der Waals surface area contributed by atoms with Crippen LogP contribution in [0.2, 0.25) is 0 Å². The average Bonchev–Trinajstić information content (AvgIpc) is 2.65. The maximum absolute atomic E-state index is 12.1. The fraction of sp³-hybridized carbons (Fsp3) is 0.417. The van der Waals surface area contributed by atoms with Crippen LogP contribution in [-0.4, -0.2) is 34.5 Å². The first-order valence-corrected chi connectivity index (χ1v) is 7.53. The number of sulfonamides is 1. The summed E-state index contributed by atoms with van der Waals surface area (Å²) < 4.78 is 26.6. The highest BCUT2D eigenvalue weighted by Gasteiger charge is 2.28. The third kappa shape index (κ3) is 2.78. The molecule has 1 aromatic rings. The minimum atomic E-state index is -3.52. The summed E-state index contributed by atoms with van der Waals surface area (Å²) >= 11 is 0. The molecule has 1 aliphatic rings. The number of rotatable bonds is 5. The van der Waals surface area contributed by atoms with Gasteiger partial charge in [0.05, 0.1) is 10.8 Å². The zero-order valence-corrected chi connectivity index (χ0v) is 11.7. The first-order valence-electron chi connectivity index (χ1n) is 6.05. The molecule has 0 aromatic heterocycles. The van der Waals surface area contributed by atoms with E-state index >= 15 is 0 Å². The van der Waals surface area contributed by atoms with E-state index in [9.17, 15) is 13.2 Å². The molecule has 1 heterocycles. The van der Waals surface area contributed by atoms with E-state index in [2.05, 4.69) is 15.4 Å². The van der Waals surface area contributed by atoms with E-state index in [0.717, 1.165) is 5.56 Å². The van der Waals surface area contributed by atoms with Gasteiger partial charge in [-0.2, -0.15) is 0 Å². The molecule has 104 valence electrons. The molecule has 1 atom stereocenters. The quantitative estimate of drug-likeness (QED) is 0.676. The molecule has 2 rings (SSSR count). The topological polar surface area (TPSA) is 87.3 Å². The number of benzene rings is 1. The molecule has 1 aromatic carbocycles. The molecule has 0 fully saturated rings. The van der Waals surface area contributed by atoms with Gasteiger partial charge in [0, 0.05) is 18.8 Å². The Morgan fingerprint density at radius 1 is 1.32 bits per heavy atom. The van der Waals surface area contributed by atoms with Crippen LogP contribution in [0.15, 0.2) is 23.1 Å². The average molecular weight is 283 g/mol. The van der Waals surface area contributed by atoms with Crippen molar-refractivity contribution in [2.45, 2.75) is 17.7 Å². The molecule has 1 aliphatic heterocycles. The molecule has 19 heavy (non-hydrogen) atoms. The Balaban J connectivity index is 2.26. The van der Waals surface area contributed by atoms with Crippen LogP contribution >= 0.6 is 0 Å². The number of nitrogens with one attached hydrogen (secondary N) is 3. The number of carbonyl (C=O) groups is 1. The molecule has 1 amide bonds. The first kappa shape index (κ1) is 14.0. The van der Waals surface area contributed by atoms with Gasteiger partial charge in [-0.15, -0.1) is 0 Å². The van der Waals surface area contributed by atoms with E-state index in [1.54, 1.807) is 26.1 Å². The van der Waals surface area contributed by atoms with Crippen molar-refractivity contribution in [3.63, 3.8) is 0 Å². The summed E-state index contributed by atoms with van der Waals surface area (Å²) in [6, 6.07) is 4.68. The number of hydrogen-bond acceptors (Lipinski definition) is 4. The van der Waals surface area contributed by atoms with Crippen molar-refractivity contribution >= 4 is 21.6 Å². The standard InChI is InChI=1S/C12H17N3O3S/c1-8-10-7-9(3-4-11(10)15-12(8)16)19(17,18)14-6-5-13-2/h3-4,7-8,13-14H,5-6H2,1-2H3,(H,15,16). The normalized spacial score (nSPS) is 18.2. The van der Waals surface area contributed by atoms with Crippen LogP contribution in [0.1, 0.15) is 18.4 Å². The molecule has 1 unspecified atom stereocenters. The second-order valence-electron chi connectivity index (χ2n) is 4.46. The zero-order valence-electron chi connectivity index (χ0n) is 10.9. The number of amides is 1. The minimum absolute atomic E-state index is 0.104. The summed E-state index contributed by atoms with van der Waals surface area (Å²) in [5.41, 5.74) is 1.41. The van der Waals surface area contributed by atoms with E-state index < -0.39 is 10.0 Å². The van der Waals surface area contributed by atoms with Crippen LogP contribution < -0.4 is 15.4 Å². The molecule has 0 saturated heterocycles. The van der Waals surface area contributed by atoms with Gasteiger partial charge in [0.15, 0.2) is 0 Å². The van der Waals surface area contributed by atoms with Gasteiger partial charge >= 0.3 is 0 Å². The zero-order chi connectivity index (χ0) is 14.0. The maximum Gasteiger partial charge on any atom is 0.240 e. The predicted molar refractivity (Wildman–Crippen MR) is 72.6 cm³/mol. The van der Waals surface area contributed by atoms with E-state index in [1.165, 1.54) is 6.07 Å². The summed E-state index contributed by atoms with van der Waals surface area (Å²) in [7, 11) is -1.77. The second kappa shape index (κ2) is 5.28. The molecule has 0 aliphatic carbocycles. The van der Waals surface area contributed by atoms with Gasteiger partial charge in [0.25, 0.3) is 0 Å². The number of fused-ring (bicyclic) bond motifs is 1. The van der Waals surface area contributed by atoms with E-state index in [1.807, 2.05) is 0 Å². The van der Waals surface area contributed by atoms with Crippen LogP contribution in [0.25, 0.3) is 0 Å². The summed E-state index contributed by atoms with van der Waals surface area (Å²) in [5, 5.41) is 5.58. The number of likely N-dealkylation sites (N-methyl/N-ethyl adjacent to an activating group) is 1. The Morgan fingerprint density at radius 3 is 2.74 bits per heavy atom. The van der Waals surface area contributed by atoms with Crippen molar-refractivity contribution < 1.29 is 13.2 Å². The van der Waals surface area contributed by atoms with Crippen LogP contribution in [0, 0.1) is 0 Å². The predicted octanol–water partition coefficient (Wildman–Crippen LogP) is 0.240. The Hall–Kier alpha value is -1.44. The highest BCUT2D eigenvalue weighted by atomic mass is 32.2.